The zero-order valence-corrected chi connectivity index (χ0v) is 16.1. The van der Waals surface area contributed by atoms with Crippen LogP contribution in [-0.2, 0) is 0 Å². The number of nitrogens with one attached hydrogen (secondary N) is 1. The molecule has 0 unspecified atom stereocenters. The van der Waals surface area contributed by atoms with Gasteiger partial charge >= 0.3 is 6.03 Å². The number of aliphatic hydroxyl groups is 1. The molecule has 0 spiro atoms. The second-order valence-electron chi connectivity index (χ2n) is 7.57. The van der Waals surface area contributed by atoms with Crippen molar-refractivity contribution in [2.24, 2.45) is 5.92 Å². The standard InChI is InChI=1S/C19H26ClN3O3/c1-22(2)17(24)15-11-14(6-7-16(15)20)21-18(25)23-10-9-19(26)8-4-3-5-13(19)12-23/h6-7,11,13,26H,3-5,8-10,12H2,1-2H3,(H,21,25)/t13-,19-/m0/s1. The molecule has 2 atom stereocenters. The lowest BCUT2D eigenvalue weighted by Gasteiger charge is -2.47. The van der Waals surface area contributed by atoms with Crippen LogP contribution < -0.4 is 5.32 Å². The molecule has 142 valence electrons. The van der Waals surface area contributed by atoms with Crippen LogP contribution in [-0.4, -0.2) is 59.6 Å². The Labute approximate surface area is 159 Å². The average Bonchev–Trinajstić information content (AvgIpc) is 2.61. The summed E-state index contributed by atoms with van der Waals surface area (Å²) in [5.74, 6) is -0.0665. The number of nitrogens with zero attached hydrogens (tertiary/aromatic N) is 2. The van der Waals surface area contributed by atoms with Crippen molar-refractivity contribution in [1.29, 1.82) is 0 Å². The number of likely N-dealkylation sites (tertiary alicyclic amines) is 1. The molecule has 1 saturated heterocycles. The molecule has 3 amide bonds. The number of amides is 3. The highest BCUT2D eigenvalue weighted by Gasteiger charge is 2.43. The van der Waals surface area contributed by atoms with Crippen LogP contribution in [0.15, 0.2) is 18.2 Å². The van der Waals surface area contributed by atoms with Crippen LogP contribution in [0.4, 0.5) is 10.5 Å². The summed E-state index contributed by atoms with van der Waals surface area (Å²) in [5, 5.41) is 14.0. The summed E-state index contributed by atoms with van der Waals surface area (Å²) in [6.45, 7) is 1.11. The third kappa shape index (κ3) is 3.81. The van der Waals surface area contributed by atoms with E-state index in [0.29, 0.717) is 35.8 Å². The van der Waals surface area contributed by atoms with Crippen LogP contribution in [0.5, 0.6) is 0 Å². The third-order valence-electron chi connectivity index (χ3n) is 5.57. The molecule has 2 aliphatic rings. The normalized spacial score (nSPS) is 25.4. The largest absolute Gasteiger partial charge is 0.389 e. The maximum Gasteiger partial charge on any atom is 0.321 e. The summed E-state index contributed by atoms with van der Waals surface area (Å²) in [6.07, 6.45) is 4.58. The average molecular weight is 380 g/mol. The van der Waals surface area contributed by atoms with Crippen molar-refractivity contribution in [3.63, 3.8) is 0 Å². The molecule has 1 aromatic carbocycles. The van der Waals surface area contributed by atoms with Gasteiger partial charge in [0.2, 0.25) is 0 Å². The SMILES string of the molecule is CN(C)C(=O)c1cc(NC(=O)N2CC[C@@]3(O)CCCC[C@H]3C2)ccc1Cl. The van der Waals surface area contributed by atoms with Gasteiger partial charge in [0.15, 0.2) is 0 Å². The molecule has 1 saturated carbocycles. The maximum atomic E-state index is 12.7. The number of fused-ring (bicyclic) bond motifs is 1. The first-order valence-electron chi connectivity index (χ1n) is 9.10. The van der Waals surface area contributed by atoms with E-state index < -0.39 is 5.60 Å². The molecule has 0 radical (unpaired) electrons. The maximum absolute atomic E-state index is 12.7. The zero-order chi connectivity index (χ0) is 18.9. The Morgan fingerprint density at radius 1 is 1.31 bits per heavy atom. The Balaban J connectivity index is 1.69. The highest BCUT2D eigenvalue weighted by atomic mass is 35.5. The molecule has 1 aromatic rings. The first-order chi connectivity index (χ1) is 12.3. The first kappa shape index (κ1) is 19.0. The van der Waals surface area contributed by atoms with Gasteiger partial charge in [-0.25, -0.2) is 4.79 Å². The van der Waals surface area contributed by atoms with Gasteiger partial charge in [-0.3, -0.25) is 4.79 Å². The van der Waals surface area contributed by atoms with Crippen molar-refractivity contribution < 1.29 is 14.7 Å². The second-order valence-corrected chi connectivity index (χ2v) is 7.97. The van der Waals surface area contributed by atoms with E-state index in [-0.39, 0.29) is 17.9 Å². The van der Waals surface area contributed by atoms with Crippen molar-refractivity contribution in [3.05, 3.63) is 28.8 Å². The van der Waals surface area contributed by atoms with E-state index in [9.17, 15) is 14.7 Å². The Bertz CT molecular complexity index is 709. The summed E-state index contributed by atoms with van der Waals surface area (Å²) in [5.41, 5.74) is 0.282. The van der Waals surface area contributed by atoms with E-state index in [4.69, 9.17) is 11.6 Å². The zero-order valence-electron chi connectivity index (χ0n) is 15.3. The summed E-state index contributed by atoms with van der Waals surface area (Å²) in [4.78, 5) is 28.0. The van der Waals surface area contributed by atoms with Gasteiger partial charge in [-0.2, -0.15) is 0 Å². The smallest absolute Gasteiger partial charge is 0.321 e. The lowest BCUT2D eigenvalue weighted by molar-refractivity contribution is -0.0863. The van der Waals surface area contributed by atoms with Gasteiger partial charge in [0.1, 0.15) is 0 Å². The third-order valence-corrected chi connectivity index (χ3v) is 5.90. The molecular formula is C19H26ClN3O3. The second kappa shape index (κ2) is 7.45. The molecule has 26 heavy (non-hydrogen) atoms. The number of rotatable bonds is 2. The van der Waals surface area contributed by atoms with Gasteiger partial charge in [-0.15, -0.1) is 0 Å². The number of benzene rings is 1. The highest BCUT2D eigenvalue weighted by Crippen LogP contribution is 2.39. The van der Waals surface area contributed by atoms with Crippen LogP contribution in [0.2, 0.25) is 5.02 Å². The van der Waals surface area contributed by atoms with Crippen molar-refractivity contribution in [2.75, 3.05) is 32.5 Å². The quantitative estimate of drug-likeness (QED) is 0.828. The fourth-order valence-electron chi connectivity index (χ4n) is 3.97. The fraction of sp³-hybridized carbons (Fsp3) is 0.579. The molecule has 2 fully saturated rings. The summed E-state index contributed by atoms with van der Waals surface area (Å²) >= 11 is 6.11. The van der Waals surface area contributed by atoms with Crippen LogP contribution in [0.1, 0.15) is 42.5 Å². The summed E-state index contributed by atoms with van der Waals surface area (Å²) in [7, 11) is 3.31. The van der Waals surface area contributed by atoms with E-state index in [0.717, 1.165) is 25.7 Å². The van der Waals surface area contributed by atoms with Crippen LogP contribution in [0.25, 0.3) is 0 Å². The molecule has 7 heteroatoms. The molecule has 2 N–H and O–H groups in total. The summed E-state index contributed by atoms with van der Waals surface area (Å²) < 4.78 is 0. The van der Waals surface area contributed by atoms with E-state index in [1.807, 2.05) is 0 Å². The van der Waals surface area contributed by atoms with Crippen molar-refractivity contribution in [1.82, 2.24) is 9.80 Å². The minimum Gasteiger partial charge on any atom is -0.389 e. The minimum absolute atomic E-state index is 0.145. The van der Waals surface area contributed by atoms with Crippen molar-refractivity contribution >= 4 is 29.2 Å². The van der Waals surface area contributed by atoms with Crippen LogP contribution >= 0.6 is 11.6 Å². The van der Waals surface area contributed by atoms with Gasteiger partial charge < -0.3 is 20.2 Å². The first-order valence-corrected chi connectivity index (χ1v) is 9.47. The number of piperidine rings is 1. The summed E-state index contributed by atoms with van der Waals surface area (Å²) in [6, 6.07) is 4.70. The van der Waals surface area contributed by atoms with Crippen LogP contribution in [0.3, 0.4) is 0 Å². The minimum atomic E-state index is -0.611. The molecule has 3 rings (SSSR count). The molecule has 1 aliphatic carbocycles. The lowest BCUT2D eigenvalue weighted by atomic mass is 9.71. The van der Waals surface area contributed by atoms with Gasteiger partial charge in [0.25, 0.3) is 5.91 Å². The lowest BCUT2D eigenvalue weighted by Crippen LogP contribution is -2.55. The van der Waals surface area contributed by atoms with E-state index in [2.05, 4.69) is 5.32 Å². The van der Waals surface area contributed by atoms with E-state index in [1.165, 1.54) is 4.90 Å². The van der Waals surface area contributed by atoms with Gasteiger partial charge in [0, 0.05) is 38.8 Å². The number of hydrogen-bond donors (Lipinski definition) is 2. The van der Waals surface area contributed by atoms with Gasteiger partial charge in [-0.05, 0) is 37.5 Å². The monoisotopic (exact) mass is 379 g/mol. The number of carbonyl (C=O) groups is 2. The molecule has 1 heterocycles. The Morgan fingerprint density at radius 2 is 2.08 bits per heavy atom. The Morgan fingerprint density at radius 3 is 2.81 bits per heavy atom. The van der Waals surface area contributed by atoms with E-state index >= 15 is 0 Å². The van der Waals surface area contributed by atoms with Gasteiger partial charge in [0.05, 0.1) is 16.2 Å². The van der Waals surface area contributed by atoms with Gasteiger partial charge in [-0.1, -0.05) is 24.4 Å². The predicted molar refractivity (Wildman–Crippen MR) is 102 cm³/mol. The molecule has 1 aliphatic heterocycles. The molecule has 6 nitrogen and oxygen atoms in total. The van der Waals surface area contributed by atoms with Crippen molar-refractivity contribution in [3.8, 4) is 0 Å². The molecule has 0 aromatic heterocycles. The number of hydrogen-bond acceptors (Lipinski definition) is 3. The molecule has 0 bridgehead atoms. The topological polar surface area (TPSA) is 72.9 Å². The molecular weight excluding hydrogens is 354 g/mol. The number of halogens is 1. The predicted octanol–water partition coefficient (Wildman–Crippen LogP) is 3.20. The Kier molecular flexibility index (Phi) is 5.44. The number of carbonyl (C=O) groups excluding carboxylic acids is 2. The number of anilines is 1. The fourth-order valence-corrected chi connectivity index (χ4v) is 4.16. The van der Waals surface area contributed by atoms with Crippen LogP contribution in [0, 0.1) is 5.92 Å². The number of urea groups is 1. The van der Waals surface area contributed by atoms with Crippen molar-refractivity contribution in [2.45, 2.75) is 37.7 Å². The Hall–Kier alpha value is -1.79. The highest BCUT2D eigenvalue weighted by molar-refractivity contribution is 6.34. The van der Waals surface area contributed by atoms with E-state index in [1.54, 1.807) is 37.2 Å².